The van der Waals surface area contributed by atoms with Gasteiger partial charge >= 0.3 is 0 Å². The van der Waals surface area contributed by atoms with Gasteiger partial charge in [0.1, 0.15) is 0 Å². The third-order valence-electron chi connectivity index (χ3n) is 3.98. The Kier molecular flexibility index (Phi) is 3.83. The lowest BCUT2D eigenvalue weighted by Crippen LogP contribution is -2.43. The summed E-state index contributed by atoms with van der Waals surface area (Å²) in [6.07, 6.45) is 2.89. The fourth-order valence-corrected chi connectivity index (χ4v) is 2.91. The van der Waals surface area contributed by atoms with Gasteiger partial charge in [-0.25, -0.2) is 0 Å². The van der Waals surface area contributed by atoms with E-state index >= 15 is 0 Å². The van der Waals surface area contributed by atoms with Gasteiger partial charge in [-0.15, -0.1) is 0 Å². The van der Waals surface area contributed by atoms with Crippen LogP contribution in [0.15, 0.2) is 18.2 Å². The second-order valence-corrected chi connectivity index (χ2v) is 6.14. The van der Waals surface area contributed by atoms with Crippen LogP contribution in [0.5, 0.6) is 0 Å². The summed E-state index contributed by atoms with van der Waals surface area (Å²) in [5.41, 5.74) is 8.89. The average molecular weight is 260 g/mol. The van der Waals surface area contributed by atoms with Crippen LogP contribution in [0.4, 0.5) is 5.69 Å². The molecule has 3 heteroatoms. The summed E-state index contributed by atoms with van der Waals surface area (Å²) in [4.78, 5) is 14.6. The number of hydrogen-bond acceptors (Lipinski definition) is 2. The number of rotatable bonds is 3. The summed E-state index contributed by atoms with van der Waals surface area (Å²) in [7, 11) is 0. The minimum Gasteiger partial charge on any atom is -0.399 e. The molecule has 1 aromatic rings. The molecule has 0 unspecified atom stereocenters. The van der Waals surface area contributed by atoms with Gasteiger partial charge in [-0.05, 0) is 36.1 Å². The molecule has 0 radical (unpaired) electrons. The third-order valence-corrected chi connectivity index (χ3v) is 3.98. The largest absolute Gasteiger partial charge is 0.399 e. The smallest absolute Gasteiger partial charge is 0.228 e. The van der Waals surface area contributed by atoms with Crippen molar-refractivity contribution in [2.45, 2.75) is 46.6 Å². The molecule has 0 aromatic heterocycles. The van der Waals surface area contributed by atoms with Gasteiger partial charge in [-0.2, -0.15) is 0 Å². The lowest BCUT2D eigenvalue weighted by molar-refractivity contribution is -0.141. The van der Waals surface area contributed by atoms with E-state index in [0.29, 0.717) is 0 Å². The monoisotopic (exact) mass is 260 g/mol. The number of carbonyl (C=O) groups is 1. The predicted molar refractivity (Wildman–Crippen MR) is 78.7 cm³/mol. The highest BCUT2D eigenvalue weighted by Gasteiger charge is 2.32. The Morgan fingerprint density at radius 3 is 2.79 bits per heavy atom. The van der Waals surface area contributed by atoms with E-state index in [2.05, 4.69) is 26.8 Å². The fraction of sp³-hybridized carbons (Fsp3) is 0.562. The zero-order valence-electron chi connectivity index (χ0n) is 12.2. The van der Waals surface area contributed by atoms with E-state index < -0.39 is 0 Å². The average Bonchev–Trinajstić information content (AvgIpc) is 2.37. The molecule has 0 saturated carbocycles. The highest BCUT2D eigenvalue weighted by Crippen LogP contribution is 2.29. The summed E-state index contributed by atoms with van der Waals surface area (Å²) in [5, 5.41) is 0. The zero-order valence-corrected chi connectivity index (χ0v) is 12.2. The summed E-state index contributed by atoms with van der Waals surface area (Å²) in [6.45, 7) is 7.77. The quantitative estimate of drug-likeness (QED) is 0.849. The molecule has 0 aliphatic carbocycles. The maximum absolute atomic E-state index is 12.6. The first kappa shape index (κ1) is 13.9. The van der Waals surface area contributed by atoms with E-state index in [1.807, 2.05) is 17.0 Å². The van der Waals surface area contributed by atoms with E-state index in [9.17, 15) is 4.79 Å². The molecule has 1 amide bonds. The minimum absolute atomic E-state index is 0.250. The second kappa shape index (κ2) is 5.24. The molecule has 19 heavy (non-hydrogen) atoms. The zero-order chi connectivity index (χ0) is 14.0. The number of nitrogen functional groups attached to an aromatic ring is 1. The number of nitrogens with two attached hydrogens (primary N) is 1. The number of amides is 1. The molecule has 1 aliphatic heterocycles. The number of anilines is 1. The van der Waals surface area contributed by atoms with Gasteiger partial charge in [-0.1, -0.05) is 33.3 Å². The van der Waals surface area contributed by atoms with E-state index in [1.54, 1.807) is 0 Å². The molecule has 0 spiro atoms. The molecule has 1 aromatic carbocycles. The van der Waals surface area contributed by atoms with Crippen molar-refractivity contribution in [3.63, 3.8) is 0 Å². The van der Waals surface area contributed by atoms with Gasteiger partial charge in [0.2, 0.25) is 5.91 Å². The van der Waals surface area contributed by atoms with Crippen molar-refractivity contribution in [2.75, 3.05) is 12.3 Å². The highest BCUT2D eigenvalue weighted by atomic mass is 16.2. The molecule has 104 valence electrons. The molecule has 2 rings (SSSR count). The van der Waals surface area contributed by atoms with Gasteiger partial charge < -0.3 is 10.6 Å². The molecule has 0 fully saturated rings. The Morgan fingerprint density at radius 1 is 1.37 bits per heavy atom. The van der Waals surface area contributed by atoms with E-state index in [1.165, 1.54) is 11.1 Å². The van der Waals surface area contributed by atoms with Crippen molar-refractivity contribution < 1.29 is 4.79 Å². The number of hydrogen-bond donors (Lipinski definition) is 1. The maximum Gasteiger partial charge on any atom is 0.228 e. The van der Waals surface area contributed by atoms with E-state index in [0.717, 1.165) is 38.0 Å². The highest BCUT2D eigenvalue weighted by molar-refractivity contribution is 5.82. The van der Waals surface area contributed by atoms with Crippen molar-refractivity contribution in [1.29, 1.82) is 0 Å². The molecular formula is C16H24N2O. The summed E-state index contributed by atoms with van der Waals surface area (Å²) < 4.78 is 0. The molecule has 0 bridgehead atoms. The third kappa shape index (κ3) is 2.91. The van der Waals surface area contributed by atoms with Gasteiger partial charge in [0.25, 0.3) is 0 Å². The molecule has 2 N–H and O–H groups in total. The Hall–Kier alpha value is -1.51. The van der Waals surface area contributed by atoms with Gasteiger partial charge in [-0.3, -0.25) is 4.79 Å². The van der Waals surface area contributed by atoms with Crippen LogP contribution < -0.4 is 5.73 Å². The standard InChI is InChI=1S/C16H24N2O/c1-4-8-16(2,3)15(19)18-9-7-12-10-14(17)6-5-13(12)11-18/h5-6,10H,4,7-9,11,17H2,1-3H3. The lowest BCUT2D eigenvalue weighted by Gasteiger charge is -2.35. The number of carbonyl (C=O) groups excluding carboxylic acids is 1. The summed E-state index contributed by atoms with van der Waals surface area (Å²) in [6, 6.07) is 6.01. The van der Waals surface area contributed by atoms with Gasteiger partial charge in [0.05, 0.1) is 0 Å². The first-order chi connectivity index (χ1) is 8.94. The van der Waals surface area contributed by atoms with Gasteiger partial charge in [0.15, 0.2) is 0 Å². The maximum atomic E-state index is 12.6. The van der Waals surface area contributed by atoms with Crippen molar-refractivity contribution in [1.82, 2.24) is 4.90 Å². The SMILES string of the molecule is CCCC(C)(C)C(=O)N1CCc2cc(N)ccc2C1. The molecule has 0 saturated heterocycles. The van der Waals surface area contributed by atoms with Crippen LogP contribution in [0, 0.1) is 5.41 Å². The Morgan fingerprint density at radius 2 is 2.11 bits per heavy atom. The lowest BCUT2D eigenvalue weighted by atomic mass is 9.85. The van der Waals surface area contributed by atoms with Gasteiger partial charge in [0, 0.05) is 24.2 Å². The second-order valence-electron chi connectivity index (χ2n) is 6.14. The minimum atomic E-state index is -0.250. The number of nitrogens with zero attached hydrogens (tertiary/aromatic N) is 1. The van der Waals surface area contributed by atoms with E-state index in [-0.39, 0.29) is 11.3 Å². The van der Waals surface area contributed by atoms with Crippen LogP contribution in [0.1, 0.15) is 44.7 Å². The van der Waals surface area contributed by atoms with Crippen molar-refractivity contribution >= 4 is 11.6 Å². The Balaban J connectivity index is 2.14. The van der Waals surface area contributed by atoms with Crippen LogP contribution >= 0.6 is 0 Å². The predicted octanol–water partition coefficient (Wildman–Crippen LogP) is 2.98. The van der Waals surface area contributed by atoms with Crippen molar-refractivity contribution in [2.24, 2.45) is 5.41 Å². The first-order valence-corrected chi connectivity index (χ1v) is 7.10. The van der Waals surface area contributed by atoms with Crippen LogP contribution in [-0.4, -0.2) is 17.4 Å². The van der Waals surface area contributed by atoms with Crippen LogP contribution in [0.25, 0.3) is 0 Å². The molecular weight excluding hydrogens is 236 g/mol. The Labute approximate surface area is 115 Å². The molecule has 1 heterocycles. The topological polar surface area (TPSA) is 46.3 Å². The summed E-state index contributed by atoms with van der Waals surface area (Å²) >= 11 is 0. The molecule has 0 atom stereocenters. The van der Waals surface area contributed by atoms with Crippen LogP contribution in [0.3, 0.4) is 0 Å². The first-order valence-electron chi connectivity index (χ1n) is 7.10. The van der Waals surface area contributed by atoms with Crippen LogP contribution in [-0.2, 0) is 17.8 Å². The normalized spacial score (nSPS) is 15.2. The number of benzene rings is 1. The van der Waals surface area contributed by atoms with Crippen molar-refractivity contribution in [3.8, 4) is 0 Å². The summed E-state index contributed by atoms with van der Waals surface area (Å²) in [5.74, 6) is 0.275. The molecule has 1 aliphatic rings. The van der Waals surface area contributed by atoms with Crippen molar-refractivity contribution in [3.05, 3.63) is 29.3 Å². The molecule has 3 nitrogen and oxygen atoms in total. The van der Waals surface area contributed by atoms with E-state index in [4.69, 9.17) is 5.73 Å². The number of fused-ring (bicyclic) bond motifs is 1. The van der Waals surface area contributed by atoms with Crippen LogP contribution in [0.2, 0.25) is 0 Å². The fourth-order valence-electron chi connectivity index (χ4n) is 2.91. The Bertz CT molecular complexity index is 480.